The summed E-state index contributed by atoms with van der Waals surface area (Å²) in [5.74, 6) is -0.181. The van der Waals surface area contributed by atoms with Crippen molar-refractivity contribution in [3.05, 3.63) is 57.6 Å². The van der Waals surface area contributed by atoms with Gasteiger partial charge >= 0.3 is 0 Å². The fraction of sp³-hybridized carbons (Fsp3) is 0.222. The predicted octanol–water partition coefficient (Wildman–Crippen LogP) is 3.16. The standard InChI is InChI=1S/C18H18N2O2/c1-9-5-7-11(19-3)15-13(9)17(21)16-12(20-4)8-6-10(2)14(16)18(15)22/h5-8,19-20H,1-4H3. The number of ketones is 2. The topological polar surface area (TPSA) is 58.2 Å². The fourth-order valence-corrected chi connectivity index (χ4v) is 3.14. The van der Waals surface area contributed by atoms with E-state index in [1.54, 1.807) is 14.1 Å². The Hall–Kier alpha value is -2.62. The van der Waals surface area contributed by atoms with Crippen molar-refractivity contribution >= 4 is 22.9 Å². The Labute approximate surface area is 129 Å². The van der Waals surface area contributed by atoms with Crippen molar-refractivity contribution in [1.82, 2.24) is 0 Å². The molecule has 3 rings (SSSR count). The van der Waals surface area contributed by atoms with Crippen LogP contribution in [0.2, 0.25) is 0 Å². The van der Waals surface area contributed by atoms with Crippen LogP contribution in [0.3, 0.4) is 0 Å². The number of hydrogen-bond donors (Lipinski definition) is 2. The number of benzene rings is 2. The van der Waals surface area contributed by atoms with Crippen molar-refractivity contribution < 1.29 is 9.59 Å². The molecule has 0 amide bonds. The molecule has 0 saturated heterocycles. The number of rotatable bonds is 2. The monoisotopic (exact) mass is 294 g/mol. The number of aryl methyl sites for hydroxylation is 2. The first-order valence-corrected chi connectivity index (χ1v) is 7.23. The minimum Gasteiger partial charge on any atom is -0.388 e. The van der Waals surface area contributed by atoms with E-state index < -0.39 is 0 Å². The molecule has 0 saturated carbocycles. The number of nitrogens with one attached hydrogen (secondary N) is 2. The third kappa shape index (κ3) is 1.77. The van der Waals surface area contributed by atoms with Gasteiger partial charge in [0.1, 0.15) is 0 Å². The molecule has 1 aliphatic rings. The number of carbonyl (C=O) groups is 2. The van der Waals surface area contributed by atoms with Crippen LogP contribution in [0.25, 0.3) is 0 Å². The van der Waals surface area contributed by atoms with Crippen LogP contribution in [0, 0.1) is 13.8 Å². The Balaban J connectivity index is 2.42. The van der Waals surface area contributed by atoms with E-state index in [1.165, 1.54) is 0 Å². The Kier molecular flexibility index (Phi) is 3.24. The average Bonchev–Trinajstić information content (AvgIpc) is 2.52. The van der Waals surface area contributed by atoms with Crippen molar-refractivity contribution in [2.24, 2.45) is 0 Å². The van der Waals surface area contributed by atoms with Crippen LogP contribution < -0.4 is 10.6 Å². The number of fused-ring (bicyclic) bond motifs is 2. The van der Waals surface area contributed by atoms with Gasteiger partial charge in [-0.3, -0.25) is 9.59 Å². The number of hydrogen-bond acceptors (Lipinski definition) is 4. The van der Waals surface area contributed by atoms with Crippen LogP contribution in [-0.4, -0.2) is 25.7 Å². The van der Waals surface area contributed by atoms with Crippen molar-refractivity contribution in [1.29, 1.82) is 0 Å². The van der Waals surface area contributed by atoms with Gasteiger partial charge in [0.15, 0.2) is 11.6 Å². The molecule has 2 aromatic rings. The summed E-state index contributed by atoms with van der Waals surface area (Å²) in [7, 11) is 3.52. The molecule has 4 heteroatoms. The second-order valence-electron chi connectivity index (χ2n) is 5.52. The molecule has 0 radical (unpaired) electrons. The second-order valence-corrected chi connectivity index (χ2v) is 5.52. The molecular weight excluding hydrogens is 276 g/mol. The normalized spacial score (nSPS) is 12.7. The van der Waals surface area contributed by atoms with Gasteiger partial charge in [-0.2, -0.15) is 0 Å². The molecule has 0 aliphatic heterocycles. The molecule has 0 bridgehead atoms. The lowest BCUT2D eigenvalue weighted by Gasteiger charge is -2.24. The molecule has 1 aliphatic carbocycles. The lowest BCUT2D eigenvalue weighted by atomic mass is 9.79. The van der Waals surface area contributed by atoms with Crippen LogP contribution >= 0.6 is 0 Å². The lowest BCUT2D eigenvalue weighted by Crippen LogP contribution is -2.25. The van der Waals surface area contributed by atoms with E-state index >= 15 is 0 Å². The van der Waals surface area contributed by atoms with E-state index in [0.717, 1.165) is 11.1 Å². The highest BCUT2D eigenvalue weighted by Gasteiger charge is 2.35. The summed E-state index contributed by atoms with van der Waals surface area (Å²) in [5, 5.41) is 6.05. The molecule has 2 aromatic carbocycles. The fourth-order valence-electron chi connectivity index (χ4n) is 3.14. The highest BCUT2D eigenvalue weighted by atomic mass is 16.1. The maximum Gasteiger partial charge on any atom is 0.196 e. The minimum absolute atomic E-state index is 0.0905. The van der Waals surface area contributed by atoms with Crippen LogP contribution in [0.15, 0.2) is 24.3 Å². The molecular formula is C18H18N2O2. The molecule has 4 nitrogen and oxygen atoms in total. The molecule has 0 spiro atoms. The Morgan fingerprint density at radius 3 is 1.32 bits per heavy atom. The average molecular weight is 294 g/mol. The van der Waals surface area contributed by atoms with Crippen LogP contribution in [0.1, 0.15) is 43.0 Å². The molecule has 0 unspecified atom stereocenters. The van der Waals surface area contributed by atoms with Gasteiger partial charge in [-0.15, -0.1) is 0 Å². The van der Waals surface area contributed by atoms with E-state index in [-0.39, 0.29) is 11.6 Å². The molecule has 0 fully saturated rings. The molecule has 2 N–H and O–H groups in total. The van der Waals surface area contributed by atoms with Gasteiger partial charge in [0, 0.05) is 36.6 Å². The summed E-state index contributed by atoms with van der Waals surface area (Å²) in [6.07, 6.45) is 0. The van der Waals surface area contributed by atoms with Crippen molar-refractivity contribution in [2.45, 2.75) is 13.8 Å². The summed E-state index contributed by atoms with van der Waals surface area (Å²) in [6.45, 7) is 3.73. The zero-order chi connectivity index (χ0) is 16.0. The Morgan fingerprint density at radius 1 is 0.636 bits per heavy atom. The quantitative estimate of drug-likeness (QED) is 0.762. The Morgan fingerprint density at radius 2 is 1.00 bits per heavy atom. The second kappa shape index (κ2) is 4.98. The highest BCUT2D eigenvalue weighted by molar-refractivity contribution is 6.32. The predicted molar refractivity (Wildman–Crippen MR) is 88.3 cm³/mol. The van der Waals surface area contributed by atoms with Crippen LogP contribution in [0.5, 0.6) is 0 Å². The van der Waals surface area contributed by atoms with Gasteiger partial charge in [0.25, 0.3) is 0 Å². The van der Waals surface area contributed by atoms with Crippen LogP contribution in [0.4, 0.5) is 11.4 Å². The van der Waals surface area contributed by atoms with E-state index in [9.17, 15) is 9.59 Å². The molecule has 112 valence electrons. The molecule has 0 atom stereocenters. The number of anilines is 2. The van der Waals surface area contributed by atoms with Crippen molar-refractivity contribution in [3.8, 4) is 0 Å². The maximum atomic E-state index is 13.1. The molecule has 0 aromatic heterocycles. The largest absolute Gasteiger partial charge is 0.388 e. The van der Waals surface area contributed by atoms with E-state index in [4.69, 9.17) is 0 Å². The highest BCUT2D eigenvalue weighted by Crippen LogP contribution is 2.38. The first kappa shape index (κ1) is 14.3. The third-order valence-corrected chi connectivity index (χ3v) is 4.27. The maximum absolute atomic E-state index is 13.1. The van der Waals surface area contributed by atoms with Gasteiger partial charge in [-0.1, -0.05) is 12.1 Å². The van der Waals surface area contributed by atoms with E-state index in [0.29, 0.717) is 33.6 Å². The van der Waals surface area contributed by atoms with Gasteiger partial charge in [0.2, 0.25) is 0 Å². The summed E-state index contributed by atoms with van der Waals surface area (Å²) in [4.78, 5) is 26.1. The lowest BCUT2D eigenvalue weighted by molar-refractivity contribution is 0.0979. The van der Waals surface area contributed by atoms with Crippen molar-refractivity contribution in [3.63, 3.8) is 0 Å². The van der Waals surface area contributed by atoms with Gasteiger partial charge in [-0.05, 0) is 37.1 Å². The zero-order valence-corrected chi connectivity index (χ0v) is 13.1. The molecule has 22 heavy (non-hydrogen) atoms. The van der Waals surface area contributed by atoms with Gasteiger partial charge < -0.3 is 10.6 Å². The zero-order valence-electron chi connectivity index (χ0n) is 13.1. The summed E-state index contributed by atoms with van der Waals surface area (Å²) < 4.78 is 0. The first-order chi connectivity index (χ1) is 10.5. The minimum atomic E-state index is -0.0905. The Bertz CT molecular complexity index is 753. The first-order valence-electron chi connectivity index (χ1n) is 7.23. The summed E-state index contributed by atoms with van der Waals surface area (Å²) in [6, 6.07) is 7.44. The molecule has 0 heterocycles. The third-order valence-electron chi connectivity index (χ3n) is 4.27. The van der Waals surface area contributed by atoms with Crippen LogP contribution in [-0.2, 0) is 0 Å². The van der Waals surface area contributed by atoms with Crippen molar-refractivity contribution in [2.75, 3.05) is 24.7 Å². The van der Waals surface area contributed by atoms with E-state index in [2.05, 4.69) is 10.6 Å². The summed E-state index contributed by atoms with van der Waals surface area (Å²) in [5.41, 5.74) is 5.01. The van der Waals surface area contributed by atoms with E-state index in [1.807, 2.05) is 38.1 Å². The van der Waals surface area contributed by atoms with Gasteiger partial charge in [0.05, 0.1) is 11.1 Å². The smallest absolute Gasteiger partial charge is 0.196 e. The number of carbonyl (C=O) groups excluding carboxylic acids is 2. The SMILES string of the molecule is CNc1ccc(C)c2c1C(=O)c1c(C)ccc(NC)c1C2=O. The summed E-state index contributed by atoms with van der Waals surface area (Å²) >= 11 is 0. The van der Waals surface area contributed by atoms with Gasteiger partial charge in [-0.25, -0.2) is 0 Å².